The van der Waals surface area contributed by atoms with Gasteiger partial charge in [-0.3, -0.25) is 19.8 Å². The number of benzene rings is 2. The molecule has 1 N–H and O–H groups in total. The number of ether oxygens (including phenoxy) is 1. The summed E-state index contributed by atoms with van der Waals surface area (Å²) in [6, 6.07) is 12.1. The largest absolute Gasteiger partial charge is 0.379 e. The number of carbonyl (C=O) groups is 1. The quantitative estimate of drug-likeness (QED) is 0.590. The molecule has 0 unspecified atom stereocenters. The Kier molecular flexibility index (Phi) is 6.61. The number of morpholine rings is 1. The molecule has 1 amide bonds. The molecule has 1 aliphatic heterocycles. The normalized spacial score (nSPS) is 15.8. The van der Waals surface area contributed by atoms with Gasteiger partial charge in [-0.05, 0) is 24.6 Å². The van der Waals surface area contributed by atoms with Crippen LogP contribution in [0.4, 0.5) is 5.69 Å². The number of nitro benzene ring substituents is 1. The third-order valence-corrected chi connectivity index (χ3v) is 5.22. The maximum Gasteiger partial charge on any atom is 0.285 e. The van der Waals surface area contributed by atoms with Crippen molar-refractivity contribution in [1.29, 1.82) is 0 Å². The van der Waals surface area contributed by atoms with E-state index >= 15 is 0 Å². The van der Waals surface area contributed by atoms with E-state index in [1.54, 1.807) is 19.1 Å². The monoisotopic (exact) mass is 403 g/mol. The van der Waals surface area contributed by atoms with E-state index in [9.17, 15) is 14.9 Å². The number of rotatable bonds is 6. The number of nitrogens with one attached hydrogen (secondary N) is 1. The number of halogens is 1. The number of hydrogen-bond donors (Lipinski definition) is 1. The van der Waals surface area contributed by atoms with Gasteiger partial charge in [0.1, 0.15) is 5.56 Å². The molecule has 7 nitrogen and oxygen atoms in total. The van der Waals surface area contributed by atoms with E-state index in [0.29, 0.717) is 23.8 Å². The summed E-state index contributed by atoms with van der Waals surface area (Å²) >= 11 is 6.40. The molecule has 148 valence electrons. The maximum atomic E-state index is 12.7. The number of aryl methyl sites for hydroxylation is 1. The average molecular weight is 404 g/mol. The van der Waals surface area contributed by atoms with Crippen molar-refractivity contribution in [2.75, 3.05) is 32.8 Å². The van der Waals surface area contributed by atoms with Crippen molar-refractivity contribution in [2.45, 2.75) is 13.0 Å². The summed E-state index contributed by atoms with van der Waals surface area (Å²) < 4.78 is 5.43. The van der Waals surface area contributed by atoms with Crippen molar-refractivity contribution in [3.05, 3.63) is 74.3 Å². The highest BCUT2D eigenvalue weighted by molar-refractivity contribution is 6.31. The van der Waals surface area contributed by atoms with Crippen LogP contribution in [-0.2, 0) is 4.74 Å². The van der Waals surface area contributed by atoms with Crippen LogP contribution in [0.1, 0.15) is 27.5 Å². The van der Waals surface area contributed by atoms with Crippen molar-refractivity contribution < 1.29 is 14.5 Å². The van der Waals surface area contributed by atoms with Gasteiger partial charge in [0, 0.05) is 30.2 Å². The molecule has 8 heteroatoms. The van der Waals surface area contributed by atoms with Crippen LogP contribution in [0.2, 0.25) is 5.02 Å². The van der Waals surface area contributed by atoms with Gasteiger partial charge in [-0.2, -0.15) is 0 Å². The van der Waals surface area contributed by atoms with Crippen LogP contribution in [0, 0.1) is 17.0 Å². The van der Waals surface area contributed by atoms with Crippen LogP contribution in [-0.4, -0.2) is 48.6 Å². The van der Waals surface area contributed by atoms with E-state index < -0.39 is 10.8 Å². The second kappa shape index (κ2) is 9.14. The Balaban J connectivity index is 1.82. The van der Waals surface area contributed by atoms with Crippen LogP contribution in [0.5, 0.6) is 0 Å². The molecule has 0 spiro atoms. The minimum absolute atomic E-state index is 0.0601. The SMILES string of the molecule is Cc1cccc(C(=O)NC[C@H](c2ccccc2Cl)N2CCOCC2)c1[N+](=O)[O-]. The summed E-state index contributed by atoms with van der Waals surface area (Å²) in [6.45, 7) is 4.56. The second-order valence-corrected chi connectivity index (χ2v) is 7.03. The molecule has 28 heavy (non-hydrogen) atoms. The first-order valence-electron chi connectivity index (χ1n) is 9.07. The van der Waals surface area contributed by atoms with Gasteiger partial charge in [-0.1, -0.05) is 41.9 Å². The molecule has 1 fully saturated rings. The van der Waals surface area contributed by atoms with E-state index in [1.807, 2.05) is 24.3 Å². The number of para-hydroxylation sites is 1. The Bertz CT molecular complexity index is 868. The molecule has 1 saturated heterocycles. The third kappa shape index (κ3) is 4.49. The highest BCUT2D eigenvalue weighted by Crippen LogP contribution is 2.28. The zero-order chi connectivity index (χ0) is 20.1. The van der Waals surface area contributed by atoms with Crippen LogP contribution < -0.4 is 5.32 Å². The first-order valence-corrected chi connectivity index (χ1v) is 9.45. The summed E-state index contributed by atoms with van der Waals surface area (Å²) in [4.78, 5) is 25.8. The Labute approximate surface area is 168 Å². The minimum atomic E-state index is -0.516. The van der Waals surface area contributed by atoms with Gasteiger partial charge < -0.3 is 10.1 Å². The molecule has 2 aromatic carbocycles. The molecule has 1 atom stereocenters. The van der Waals surface area contributed by atoms with Gasteiger partial charge in [-0.15, -0.1) is 0 Å². The van der Waals surface area contributed by atoms with Gasteiger partial charge in [-0.25, -0.2) is 0 Å². The fourth-order valence-electron chi connectivity index (χ4n) is 3.44. The Morgan fingerprint density at radius 3 is 2.64 bits per heavy atom. The average Bonchev–Trinajstić information content (AvgIpc) is 2.69. The molecular formula is C20H22ClN3O4. The van der Waals surface area contributed by atoms with Crippen molar-refractivity contribution in [3.63, 3.8) is 0 Å². The first kappa shape index (κ1) is 20.3. The molecule has 0 aromatic heterocycles. The first-order chi connectivity index (χ1) is 13.5. The molecular weight excluding hydrogens is 382 g/mol. The summed E-state index contributed by atoms with van der Waals surface area (Å²) in [6.07, 6.45) is 0. The van der Waals surface area contributed by atoms with E-state index in [2.05, 4.69) is 10.2 Å². The van der Waals surface area contributed by atoms with E-state index in [0.717, 1.165) is 18.7 Å². The number of hydrogen-bond acceptors (Lipinski definition) is 5. The summed E-state index contributed by atoms with van der Waals surface area (Å²) in [5, 5.41) is 14.9. The number of nitrogens with zero attached hydrogens (tertiary/aromatic N) is 2. The van der Waals surface area contributed by atoms with E-state index in [1.165, 1.54) is 6.07 Å². The van der Waals surface area contributed by atoms with Crippen LogP contribution in [0.3, 0.4) is 0 Å². The highest BCUT2D eigenvalue weighted by Gasteiger charge is 2.27. The van der Waals surface area contributed by atoms with Crippen molar-refractivity contribution in [2.24, 2.45) is 0 Å². The Morgan fingerprint density at radius 2 is 1.96 bits per heavy atom. The van der Waals surface area contributed by atoms with Gasteiger partial charge in [0.2, 0.25) is 0 Å². The lowest BCUT2D eigenvalue weighted by atomic mass is 10.0. The number of nitro groups is 1. The molecule has 3 rings (SSSR count). The molecule has 1 heterocycles. The summed E-state index contributed by atoms with van der Waals surface area (Å²) in [5.74, 6) is -0.472. The smallest absolute Gasteiger partial charge is 0.285 e. The lowest BCUT2D eigenvalue weighted by molar-refractivity contribution is -0.385. The van der Waals surface area contributed by atoms with Gasteiger partial charge in [0.15, 0.2) is 0 Å². The molecule has 2 aromatic rings. The summed E-state index contributed by atoms with van der Waals surface area (Å²) in [7, 11) is 0. The highest BCUT2D eigenvalue weighted by atomic mass is 35.5. The standard InChI is InChI=1S/C20H22ClN3O4/c1-14-5-4-7-16(19(14)24(26)27)20(25)22-13-18(23-9-11-28-12-10-23)15-6-2-3-8-17(15)21/h2-8,18H,9-13H2,1H3,(H,22,25)/t18-/m1/s1. The Morgan fingerprint density at radius 1 is 1.25 bits per heavy atom. The molecule has 0 aliphatic carbocycles. The van der Waals surface area contributed by atoms with Crippen LogP contribution in [0.25, 0.3) is 0 Å². The second-order valence-electron chi connectivity index (χ2n) is 6.62. The van der Waals surface area contributed by atoms with E-state index in [4.69, 9.17) is 16.3 Å². The predicted molar refractivity (Wildman–Crippen MR) is 107 cm³/mol. The van der Waals surface area contributed by atoms with Crippen molar-refractivity contribution in [1.82, 2.24) is 10.2 Å². The molecule has 0 bridgehead atoms. The van der Waals surface area contributed by atoms with E-state index in [-0.39, 0.29) is 23.8 Å². The lowest BCUT2D eigenvalue weighted by Gasteiger charge is -2.35. The maximum absolute atomic E-state index is 12.7. The van der Waals surface area contributed by atoms with Gasteiger partial charge >= 0.3 is 0 Å². The topological polar surface area (TPSA) is 84.7 Å². The molecule has 0 radical (unpaired) electrons. The summed E-state index contributed by atoms with van der Waals surface area (Å²) in [5.41, 5.74) is 1.25. The number of carbonyl (C=O) groups excluding carboxylic acids is 1. The minimum Gasteiger partial charge on any atom is -0.379 e. The fourth-order valence-corrected chi connectivity index (χ4v) is 3.70. The van der Waals surface area contributed by atoms with Crippen molar-refractivity contribution in [3.8, 4) is 0 Å². The third-order valence-electron chi connectivity index (χ3n) is 4.87. The zero-order valence-corrected chi connectivity index (χ0v) is 16.3. The predicted octanol–water partition coefficient (Wildman–Crippen LogP) is 3.36. The number of amides is 1. The van der Waals surface area contributed by atoms with Crippen molar-refractivity contribution >= 4 is 23.2 Å². The molecule has 1 aliphatic rings. The fraction of sp³-hybridized carbons (Fsp3) is 0.350. The van der Waals surface area contributed by atoms with Gasteiger partial charge in [0.25, 0.3) is 11.6 Å². The van der Waals surface area contributed by atoms with Gasteiger partial charge in [0.05, 0.1) is 24.2 Å². The lowest BCUT2D eigenvalue weighted by Crippen LogP contribution is -2.44. The Hall–Kier alpha value is -2.48. The zero-order valence-electron chi connectivity index (χ0n) is 15.6. The van der Waals surface area contributed by atoms with Crippen LogP contribution in [0.15, 0.2) is 42.5 Å². The van der Waals surface area contributed by atoms with Crippen LogP contribution >= 0.6 is 11.6 Å². The molecule has 0 saturated carbocycles.